The largest absolute Gasteiger partial charge is 0.326 e. The number of Topliss-reactive ketones (excluding diaryl/α,β-unsaturated/α-hetero) is 1. The molecule has 1 fully saturated rings. The Hall–Kier alpha value is -2.89. The van der Waals surface area contributed by atoms with Crippen LogP contribution < -0.4 is 5.32 Å². The van der Waals surface area contributed by atoms with Crippen LogP contribution in [-0.2, 0) is 4.79 Å². The Morgan fingerprint density at radius 3 is 2.44 bits per heavy atom. The van der Waals surface area contributed by atoms with Crippen molar-refractivity contribution in [2.75, 3.05) is 6.54 Å². The van der Waals surface area contributed by atoms with E-state index in [1.54, 1.807) is 0 Å². The van der Waals surface area contributed by atoms with Crippen LogP contribution in [0.5, 0.6) is 0 Å². The molecule has 2 aromatic rings. The van der Waals surface area contributed by atoms with Gasteiger partial charge in [0.05, 0.1) is 6.54 Å². The zero-order valence-corrected chi connectivity index (χ0v) is 16.2. The molecule has 3 rings (SSSR count). The van der Waals surface area contributed by atoms with Gasteiger partial charge in [-0.1, -0.05) is 32.0 Å². The van der Waals surface area contributed by atoms with E-state index in [0.29, 0.717) is 12.0 Å². The summed E-state index contributed by atoms with van der Waals surface area (Å²) in [5, 5.41) is 2.68. The minimum atomic E-state index is -0.540. The first-order chi connectivity index (χ1) is 12.8. The zero-order chi connectivity index (χ0) is 19.7. The number of aryl methyl sites for hydroxylation is 1. The number of imide groups is 1. The first kappa shape index (κ1) is 18.9. The fraction of sp³-hybridized carbons (Fsp3) is 0.381. The second-order valence-corrected chi connectivity index (χ2v) is 7.43. The molecule has 1 aromatic heterocycles. The summed E-state index contributed by atoms with van der Waals surface area (Å²) in [6.07, 6.45) is 0.567. The molecule has 3 amide bonds. The summed E-state index contributed by atoms with van der Waals surface area (Å²) in [5.41, 5.74) is 3.23. The standard InChI is InChI=1S/C21H25N3O3/c1-13(2)10-18-20(26)23(21(27)22-18)12-19(25)17-11-14(3)24(15(17)4)16-8-6-5-7-9-16/h5-9,11,13,18H,10,12H2,1-4H3,(H,22,27)/t18-/m1/s1. The van der Waals surface area contributed by atoms with Crippen molar-refractivity contribution < 1.29 is 14.4 Å². The number of aromatic nitrogens is 1. The number of amides is 3. The number of ketones is 1. The smallest absolute Gasteiger partial charge is 0.325 e. The van der Waals surface area contributed by atoms with Crippen LogP contribution in [0.25, 0.3) is 5.69 Å². The number of benzene rings is 1. The number of carbonyl (C=O) groups excluding carboxylic acids is 3. The molecule has 2 heterocycles. The van der Waals surface area contributed by atoms with Gasteiger partial charge < -0.3 is 9.88 Å². The van der Waals surface area contributed by atoms with Crippen LogP contribution in [0.3, 0.4) is 0 Å². The number of carbonyl (C=O) groups is 3. The van der Waals surface area contributed by atoms with Crippen LogP contribution in [0, 0.1) is 19.8 Å². The third-order valence-corrected chi connectivity index (χ3v) is 4.86. The van der Waals surface area contributed by atoms with E-state index in [-0.39, 0.29) is 24.2 Å². The molecule has 1 N–H and O–H groups in total. The fourth-order valence-electron chi connectivity index (χ4n) is 3.61. The summed E-state index contributed by atoms with van der Waals surface area (Å²) in [6, 6.07) is 10.6. The van der Waals surface area contributed by atoms with Crippen molar-refractivity contribution in [1.29, 1.82) is 0 Å². The highest BCUT2D eigenvalue weighted by Gasteiger charge is 2.39. The predicted octanol–water partition coefficient (Wildman–Crippen LogP) is 3.24. The van der Waals surface area contributed by atoms with Crippen LogP contribution in [-0.4, -0.2) is 39.8 Å². The molecule has 1 saturated heterocycles. The zero-order valence-electron chi connectivity index (χ0n) is 16.2. The Kier molecular flexibility index (Phi) is 5.17. The molecule has 27 heavy (non-hydrogen) atoms. The molecule has 0 spiro atoms. The summed E-state index contributed by atoms with van der Waals surface area (Å²) >= 11 is 0. The van der Waals surface area contributed by atoms with Gasteiger partial charge in [-0.05, 0) is 44.4 Å². The van der Waals surface area contributed by atoms with Gasteiger partial charge in [-0.25, -0.2) is 4.79 Å². The highest BCUT2D eigenvalue weighted by Crippen LogP contribution is 2.22. The first-order valence-electron chi connectivity index (χ1n) is 9.19. The first-order valence-corrected chi connectivity index (χ1v) is 9.19. The number of urea groups is 1. The van der Waals surface area contributed by atoms with Crippen molar-refractivity contribution in [3.8, 4) is 5.69 Å². The minimum Gasteiger partial charge on any atom is -0.326 e. The van der Waals surface area contributed by atoms with E-state index in [2.05, 4.69) is 5.32 Å². The van der Waals surface area contributed by atoms with Crippen LogP contribution in [0.15, 0.2) is 36.4 Å². The Bertz CT molecular complexity index is 884. The predicted molar refractivity (Wildman–Crippen MR) is 103 cm³/mol. The highest BCUT2D eigenvalue weighted by atomic mass is 16.2. The van der Waals surface area contributed by atoms with Crippen LogP contribution in [0.4, 0.5) is 4.79 Å². The van der Waals surface area contributed by atoms with Crippen LogP contribution in [0.2, 0.25) is 0 Å². The average Bonchev–Trinajstić information content (AvgIpc) is 3.05. The van der Waals surface area contributed by atoms with Crippen molar-refractivity contribution in [3.05, 3.63) is 53.3 Å². The number of rotatable bonds is 6. The quantitative estimate of drug-likeness (QED) is 0.629. The van der Waals surface area contributed by atoms with Gasteiger partial charge >= 0.3 is 6.03 Å². The Morgan fingerprint density at radius 1 is 1.15 bits per heavy atom. The van der Waals surface area contributed by atoms with Gasteiger partial charge in [-0.2, -0.15) is 0 Å². The van der Waals surface area contributed by atoms with Gasteiger partial charge in [-0.3, -0.25) is 14.5 Å². The molecule has 6 nitrogen and oxygen atoms in total. The number of nitrogens with zero attached hydrogens (tertiary/aromatic N) is 2. The molecule has 0 radical (unpaired) electrons. The van der Waals surface area contributed by atoms with Crippen molar-refractivity contribution >= 4 is 17.7 Å². The second kappa shape index (κ2) is 7.39. The fourth-order valence-corrected chi connectivity index (χ4v) is 3.61. The monoisotopic (exact) mass is 367 g/mol. The lowest BCUT2D eigenvalue weighted by Crippen LogP contribution is -2.36. The van der Waals surface area contributed by atoms with Crippen molar-refractivity contribution in [3.63, 3.8) is 0 Å². The maximum Gasteiger partial charge on any atom is 0.325 e. The molecule has 1 aliphatic rings. The summed E-state index contributed by atoms with van der Waals surface area (Å²) < 4.78 is 2.00. The van der Waals surface area contributed by atoms with Crippen molar-refractivity contribution in [1.82, 2.24) is 14.8 Å². The lowest BCUT2D eigenvalue weighted by Gasteiger charge is -2.13. The van der Waals surface area contributed by atoms with Gasteiger partial charge in [0.25, 0.3) is 5.91 Å². The number of nitrogens with one attached hydrogen (secondary N) is 1. The number of hydrogen-bond acceptors (Lipinski definition) is 3. The Labute approximate surface area is 159 Å². The van der Waals surface area contributed by atoms with Gasteiger partial charge in [0.1, 0.15) is 6.04 Å². The number of para-hydroxylation sites is 1. The number of hydrogen-bond donors (Lipinski definition) is 1. The topological polar surface area (TPSA) is 71.4 Å². The Balaban J connectivity index is 1.81. The van der Waals surface area contributed by atoms with E-state index in [4.69, 9.17) is 0 Å². The summed E-state index contributed by atoms with van der Waals surface area (Å²) in [6.45, 7) is 7.56. The molecule has 6 heteroatoms. The van der Waals surface area contributed by atoms with Crippen LogP contribution >= 0.6 is 0 Å². The van der Waals surface area contributed by atoms with Gasteiger partial charge in [0, 0.05) is 22.6 Å². The second-order valence-electron chi connectivity index (χ2n) is 7.43. The third-order valence-electron chi connectivity index (χ3n) is 4.86. The average molecular weight is 367 g/mol. The third kappa shape index (κ3) is 3.65. The molecule has 1 atom stereocenters. The van der Waals surface area contributed by atoms with E-state index in [1.807, 2.05) is 68.7 Å². The maximum atomic E-state index is 12.9. The van der Waals surface area contributed by atoms with E-state index in [1.165, 1.54) is 0 Å². The van der Waals surface area contributed by atoms with Gasteiger partial charge in [-0.15, -0.1) is 0 Å². The normalized spacial score (nSPS) is 16.9. The highest BCUT2D eigenvalue weighted by molar-refractivity contribution is 6.09. The van der Waals surface area contributed by atoms with Crippen LogP contribution in [0.1, 0.15) is 42.0 Å². The lowest BCUT2D eigenvalue weighted by molar-refractivity contribution is -0.127. The molecule has 1 aliphatic heterocycles. The van der Waals surface area contributed by atoms with E-state index < -0.39 is 12.1 Å². The van der Waals surface area contributed by atoms with Crippen molar-refractivity contribution in [2.45, 2.75) is 40.2 Å². The molecular formula is C21H25N3O3. The molecule has 0 aliphatic carbocycles. The minimum absolute atomic E-state index is 0.237. The summed E-state index contributed by atoms with van der Waals surface area (Å²) in [4.78, 5) is 38.5. The van der Waals surface area contributed by atoms with Gasteiger partial charge in [0.15, 0.2) is 5.78 Å². The van der Waals surface area contributed by atoms with Crippen molar-refractivity contribution in [2.24, 2.45) is 5.92 Å². The van der Waals surface area contributed by atoms with E-state index in [9.17, 15) is 14.4 Å². The molecule has 1 aromatic carbocycles. The maximum absolute atomic E-state index is 12.9. The van der Waals surface area contributed by atoms with E-state index in [0.717, 1.165) is 22.0 Å². The van der Waals surface area contributed by atoms with Gasteiger partial charge in [0.2, 0.25) is 0 Å². The lowest BCUT2D eigenvalue weighted by atomic mass is 10.0. The van der Waals surface area contributed by atoms with E-state index >= 15 is 0 Å². The summed E-state index contributed by atoms with van der Waals surface area (Å²) in [7, 11) is 0. The molecule has 0 saturated carbocycles. The SMILES string of the molecule is Cc1cc(C(=O)CN2C(=O)N[C@H](CC(C)C)C2=O)c(C)n1-c1ccccc1. The molecular weight excluding hydrogens is 342 g/mol. The molecule has 0 bridgehead atoms. The molecule has 0 unspecified atom stereocenters. The molecule has 142 valence electrons. The summed E-state index contributed by atoms with van der Waals surface area (Å²) in [5.74, 6) is -0.280. The Morgan fingerprint density at radius 2 is 1.81 bits per heavy atom.